The SMILES string of the molecule is O=c1oc(-c2cccs2)nn1CN(C1CCCC1)C1CC1. The molecule has 0 unspecified atom stereocenters. The van der Waals surface area contributed by atoms with Crippen molar-refractivity contribution in [3.8, 4) is 10.8 Å². The van der Waals surface area contributed by atoms with Crippen LogP contribution in [0.25, 0.3) is 10.8 Å². The zero-order chi connectivity index (χ0) is 14.2. The summed E-state index contributed by atoms with van der Waals surface area (Å²) in [6.07, 6.45) is 7.62. The van der Waals surface area contributed by atoms with E-state index in [1.807, 2.05) is 17.5 Å². The Morgan fingerprint density at radius 3 is 2.71 bits per heavy atom. The Labute approximate surface area is 127 Å². The van der Waals surface area contributed by atoms with Crippen LogP contribution in [0, 0.1) is 0 Å². The zero-order valence-corrected chi connectivity index (χ0v) is 12.7. The van der Waals surface area contributed by atoms with Gasteiger partial charge in [-0.2, -0.15) is 4.68 Å². The first-order valence-electron chi connectivity index (χ1n) is 7.69. The molecular formula is C15H19N3O2S. The minimum atomic E-state index is -0.345. The van der Waals surface area contributed by atoms with E-state index < -0.39 is 0 Å². The van der Waals surface area contributed by atoms with Crippen molar-refractivity contribution in [2.24, 2.45) is 0 Å². The lowest BCUT2D eigenvalue weighted by atomic mass is 10.2. The number of aromatic nitrogens is 2. The molecule has 0 radical (unpaired) electrons. The molecule has 0 amide bonds. The van der Waals surface area contributed by atoms with Gasteiger partial charge in [0.2, 0.25) is 0 Å². The number of hydrogen-bond donors (Lipinski definition) is 0. The smallest absolute Gasteiger partial charge is 0.387 e. The number of rotatable bonds is 5. The lowest BCUT2D eigenvalue weighted by Gasteiger charge is -2.27. The van der Waals surface area contributed by atoms with Crippen LogP contribution < -0.4 is 5.76 Å². The Bertz CT molecular complexity index is 651. The molecule has 112 valence electrons. The molecule has 4 rings (SSSR count). The molecule has 21 heavy (non-hydrogen) atoms. The van der Waals surface area contributed by atoms with Gasteiger partial charge in [-0.1, -0.05) is 18.9 Å². The van der Waals surface area contributed by atoms with Crippen LogP contribution in [0.1, 0.15) is 38.5 Å². The molecule has 0 spiro atoms. The Morgan fingerprint density at radius 1 is 1.29 bits per heavy atom. The fourth-order valence-electron chi connectivity index (χ4n) is 3.22. The molecule has 0 aliphatic heterocycles. The van der Waals surface area contributed by atoms with Gasteiger partial charge in [-0.3, -0.25) is 4.90 Å². The van der Waals surface area contributed by atoms with Crippen LogP contribution in [0.4, 0.5) is 0 Å². The van der Waals surface area contributed by atoms with Crippen molar-refractivity contribution in [1.29, 1.82) is 0 Å². The van der Waals surface area contributed by atoms with E-state index in [-0.39, 0.29) is 5.76 Å². The summed E-state index contributed by atoms with van der Waals surface area (Å²) < 4.78 is 6.79. The number of nitrogens with zero attached hydrogens (tertiary/aromatic N) is 3. The van der Waals surface area contributed by atoms with E-state index in [4.69, 9.17) is 4.42 Å². The van der Waals surface area contributed by atoms with E-state index in [0.29, 0.717) is 24.6 Å². The van der Waals surface area contributed by atoms with Gasteiger partial charge in [-0.15, -0.1) is 16.4 Å². The van der Waals surface area contributed by atoms with Crippen LogP contribution in [0.5, 0.6) is 0 Å². The van der Waals surface area contributed by atoms with Crippen LogP contribution in [0.15, 0.2) is 26.7 Å². The fraction of sp³-hybridized carbons (Fsp3) is 0.600. The lowest BCUT2D eigenvalue weighted by molar-refractivity contribution is 0.131. The third-order valence-electron chi connectivity index (χ3n) is 4.45. The number of hydrogen-bond acceptors (Lipinski definition) is 5. The van der Waals surface area contributed by atoms with Gasteiger partial charge in [0, 0.05) is 12.1 Å². The van der Waals surface area contributed by atoms with E-state index in [9.17, 15) is 4.79 Å². The minimum absolute atomic E-state index is 0.345. The molecular weight excluding hydrogens is 286 g/mol. The molecule has 2 aliphatic carbocycles. The molecule has 2 aromatic heterocycles. The third-order valence-corrected chi connectivity index (χ3v) is 5.30. The highest BCUT2D eigenvalue weighted by atomic mass is 32.1. The van der Waals surface area contributed by atoms with Crippen molar-refractivity contribution in [2.75, 3.05) is 0 Å². The van der Waals surface area contributed by atoms with E-state index in [1.165, 1.54) is 54.5 Å². The summed E-state index contributed by atoms with van der Waals surface area (Å²) in [6, 6.07) is 5.12. The first kappa shape index (κ1) is 13.3. The van der Waals surface area contributed by atoms with Gasteiger partial charge in [0.15, 0.2) is 0 Å². The van der Waals surface area contributed by atoms with Gasteiger partial charge in [0.05, 0.1) is 4.88 Å². The van der Waals surface area contributed by atoms with Crippen LogP contribution in [0.3, 0.4) is 0 Å². The maximum absolute atomic E-state index is 12.0. The molecule has 6 heteroatoms. The Hall–Kier alpha value is -1.40. The number of thiophene rings is 1. The van der Waals surface area contributed by atoms with Crippen molar-refractivity contribution in [2.45, 2.75) is 57.3 Å². The second-order valence-electron chi connectivity index (χ2n) is 5.98. The van der Waals surface area contributed by atoms with Gasteiger partial charge in [0.25, 0.3) is 5.89 Å². The van der Waals surface area contributed by atoms with Crippen molar-refractivity contribution >= 4 is 11.3 Å². The van der Waals surface area contributed by atoms with Gasteiger partial charge in [-0.05, 0) is 37.1 Å². The molecule has 0 bridgehead atoms. The topological polar surface area (TPSA) is 51.3 Å². The Kier molecular flexibility index (Phi) is 3.43. The Balaban J connectivity index is 1.56. The molecule has 2 aromatic rings. The van der Waals surface area contributed by atoms with Gasteiger partial charge in [0.1, 0.15) is 6.67 Å². The molecule has 5 nitrogen and oxygen atoms in total. The highest BCUT2D eigenvalue weighted by Crippen LogP contribution is 2.34. The Morgan fingerprint density at radius 2 is 2.05 bits per heavy atom. The van der Waals surface area contributed by atoms with E-state index in [0.717, 1.165) is 4.88 Å². The molecule has 2 aliphatic rings. The summed E-state index contributed by atoms with van der Waals surface area (Å²) in [7, 11) is 0. The van der Waals surface area contributed by atoms with Crippen molar-refractivity contribution < 1.29 is 4.42 Å². The quantitative estimate of drug-likeness (QED) is 0.852. The maximum atomic E-state index is 12.0. The average Bonchev–Trinajstić information content (AvgIpc) is 2.93. The summed E-state index contributed by atoms with van der Waals surface area (Å²) in [4.78, 5) is 15.4. The largest absolute Gasteiger partial charge is 0.438 e. The summed E-state index contributed by atoms with van der Waals surface area (Å²) in [5, 5.41) is 6.34. The average molecular weight is 305 g/mol. The van der Waals surface area contributed by atoms with Crippen LogP contribution in [-0.4, -0.2) is 26.8 Å². The van der Waals surface area contributed by atoms with Crippen LogP contribution in [0.2, 0.25) is 0 Å². The standard InChI is InChI=1S/C15H19N3O2S/c19-15-18(16-14(20-15)13-6-3-9-21-13)10-17(12-7-8-12)11-4-1-2-5-11/h3,6,9,11-12H,1-2,4-5,7-8,10H2. The summed E-state index contributed by atoms with van der Waals surface area (Å²) in [5.74, 6) is 0.0965. The second-order valence-corrected chi connectivity index (χ2v) is 6.92. The summed E-state index contributed by atoms with van der Waals surface area (Å²) in [6.45, 7) is 0.572. The summed E-state index contributed by atoms with van der Waals surface area (Å²) in [5.41, 5.74) is 0. The molecule has 0 N–H and O–H groups in total. The van der Waals surface area contributed by atoms with Crippen LogP contribution >= 0.6 is 11.3 Å². The monoisotopic (exact) mass is 305 g/mol. The molecule has 2 fully saturated rings. The first-order valence-corrected chi connectivity index (χ1v) is 8.57. The highest BCUT2D eigenvalue weighted by molar-refractivity contribution is 7.13. The lowest BCUT2D eigenvalue weighted by Crippen LogP contribution is -2.39. The van der Waals surface area contributed by atoms with Crippen molar-refractivity contribution in [1.82, 2.24) is 14.7 Å². The zero-order valence-electron chi connectivity index (χ0n) is 11.9. The van der Waals surface area contributed by atoms with Crippen LogP contribution in [-0.2, 0) is 6.67 Å². The van der Waals surface area contributed by atoms with E-state index in [2.05, 4.69) is 10.00 Å². The minimum Gasteiger partial charge on any atom is -0.387 e. The fourth-order valence-corrected chi connectivity index (χ4v) is 3.87. The maximum Gasteiger partial charge on any atom is 0.438 e. The van der Waals surface area contributed by atoms with Gasteiger partial charge in [-0.25, -0.2) is 4.79 Å². The highest BCUT2D eigenvalue weighted by Gasteiger charge is 2.35. The molecule has 0 atom stereocenters. The predicted molar refractivity (Wildman–Crippen MR) is 81.2 cm³/mol. The summed E-state index contributed by atoms with van der Waals surface area (Å²) >= 11 is 1.54. The van der Waals surface area contributed by atoms with Gasteiger partial charge >= 0.3 is 5.76 Å². The molecule has 2 saturated carbocycles. The van der Waals surface area contributed by atoms with Gasteiger partial charge < -0.3 is 4.42 Å². The first-order chi connectivity index (χ1) is 10.3. The van der Waals surface area contributed by atoms with Crippen molar-refractivity contribution in [3.63, 3.8) is 0 Å². The van der Waals surface area contributed by atoms with E-state index >= 15 is 0 Å². The third kappa shape index (κ3) is 2.70. The molecule has 0 aromatic carbocycles. The molecule has 2 heterocycles. The van der Waals surface area contributed by atoms with Crippen molar-refractivity contribution in [3.05, 3.63) is 28.1 Å². The second kappa shape index (κ2) is 5.42. The predicted octanol–water partition coefficient (Wildman–Crippen LogP) is 2.93. The molecule has 0 saturated heterocycles. The van der Waals surface area contributed by atoms with E-state index in [1.54, 1.807) is 0 Å². The normalized spacial score (nSPS) is 19.7.